The smallest absolute Gasteiger partial charge is 0.233 e. The predicted octanol–water partition coefficient (Wildman–Crippen LogP) is 1.69. The third kappa shape index (κ3) is 2.81. The molecule has 1 fully saturated rings. The highest BCUT2D eigenvalue weighted by atomic mass is 79.9. The number of carbonyl (C=O) groups is 1. The first-order chi connectivity index (χ1) is 5.20. The fraction of sp³-hybridized carbons (Fsp3) is 0.875. The highest BCUT2D eigenvalue weighted by molar-refractivity contribution is 9.10. The summed E-state index contributed by atoms with van der Waals surface area (Å²) in [6.07, 6.45) is 3.91. The molecule has 64 valence electrons. The third-order valence-corrected chi connectivity index (χ3v) is 2.57. The van der Waals surface area contributed by atoms with Gasteiger partial charge < -0.3 is 5.32 Å². The van der Waals surface area contributed by atoms with Gasteiger partial charge in [-0.25, -0.2) is 0 Å². The lowest BCUT2D eigenvalue weighted by molar-refractivity contribution is -0.120. The molecular weight excluding hydrogens is 206 g/mol. The predicted molar refractivity (Wildman–Crippen MR) is 48.7 cm³/mol. The van der Waals surface area contributed by atoms with E-state index in [1.54, 1.807) is 0 Å². The van der Waals surface area contributed by atoms with Gasteiger partial charge >= 0.3 is 0 Å². The van der Waals surface area contributed by atoms with Crippen molar-refractivity contribution >= 4 is 21.8 Å². The van der Waals surface area contributed by atoms with Crippen molar-refractivity contribution in [1.82, 2.24) is 5.32 Å². The van der Waals surface area contributed by atoms with Crippen LogP contribution in [0.2, 0.25) is 0 Å². The first-order valence-corrected chi connectivity index (χ1v) is 5.03. The Morgan fingerprint density at radius 3 is 2.73 bits per heavy atom. The molecular formula is C8H14BrNO. The Hall–Kier alpha value is -0.0500. The molecule has 11 heavy (non-hydrogen) atoms. The summed E-state index contributed by atoms with van der Waals surface area (Å²) in [5, 5.41) is 2.90. The summed E-state index contributed by atoms with van der Waals surface area (Å²) < 4.78 is 0. The second kappa shape index (κ2) is 4.10. The number of hydrogen-bond donors (Lipinski definition) is 1. The normalized spacial score (nSPS) is 20.5. The summed E-state index contributed by atoms with van der Waals surface area (Å²) in [5.74, 6) is 0.863. The molecule has 1 atom stereocenters. The Kier molecular flexibility index (Phi) is 3.37. The summed E-state index contributed by atoms with van der Waals surface area (Å²) in [6.45, 7) is 2.71. The zero-order chi connectivity index (χ0) is 8.27. The molecule has 0 heterocycles. The molecule has 0 aliphatic heterocycles. The Balaban J connectivity index is 2.06. The van der Waals surface area contributed by atoms with E-state index in [-0.39, 0.29) is 10.7 Å². The van der Waals surface area contributed by atoms with E-state index < -0.39 is 0 Å². The number of halogens is 1. The maximum absolute atomic E-state index is 11.0. The van der Waals surface area contributed by atoms with Crippen molar-refractivity contribution in [3.63, 3.8) is 0 Å². The molecule has 0 aromatic heterocycles. The Bertz CT molecular complexity index is 143. The summed E-state index contributed by atoms with van der Waals surface area (Å²) in [5.41, 5.74) is 0. The van der Waals surface area contributed by atoms with Crippen LogP contribution in [-0.2, 0) is 4.79 Å². The van der Waals surface area contributed by atoms with Crippen molar-refractivity contribution in [2.45, 2.75) is 31.0 Å². The number of rotatable bonds is 3. The average Bonchev–Trinajstić information content (AvgIpc) is 1.83. The number of amides is 1. The fourth-order valence-corrected chi connectivity index (χ4v) is 1.24. The first kappa shape index (κ1) is 9.04. The van der Waals surface area contributed by atoms with Crippen LogP contribution in [0.25, 0.3) is 0 Å². The Morgan fingerprint density at radius 2 is 2.36 bits per heavy atom. The molecule has 0 spiro atoms. The molecule has 1 saturated carbocycles. The van der Waals surface area contributed by atoms with E-state index >= 15 is 0 Å². The van der Waals surface area contributed by atoms with Crippen molar-refractivity contribution in [2.24, 2.45) is 5.92 Å². The monoisotopic (exact) mass is 219 g/mol. The fourth-order valence-electron chi connectivity index (χ4n) is 1.08. The molecule has 1 N–H and O–H groups in total. The molecule has 0 bridgehead atoms. The van der Waals surface area contributed by atoms with Gasteiger partial charge in [-0.1, -0.05) is 22.4 Å². The van der Waals surface area contributed by atoms with Crippen LogP contribution >= 0.6 is 15.9 Å². The summed E-state index contributed by atoms with van der Waals surface area (Å²) >= 11 is 3.22. The zero-order valence-corrected chi connectivity index (χ0v) is 8.36. The van der Waals surface area contributed by atoms with Crippen LogP contribution in [0.4, 0.5) is 0 Å². The van der Waals surface area contributed by atoms with E-state index in [2.05, 4.69) is 21.2 Å². The van der Waals surface area contributed by atoms with Gasteiger partial charge in [0.05, 0.1) is 4.83 Å². The van der Waals surface area contributed by atoms with E-state index in [0.29, 0.717) is 0 Å². The number of carbonyl (C=O) groups excluding carboxylic acids is 1. The zero-order valence-electron chi connectivity index (χ0n) is 6.77. The van der Waals surface area contributed by atoms with Crippen LogP contribution in [0.5, 0.6) is 0 Å². The van der Waals surface area contributed by atoms with Crippen LogP contribution in [0.3, 0.4) is 0 Å². The van der Waals surface area contributed by atoms with E-state index in [9.17, 15) is 4.79 Å². The van der Waals surface area contributed by atoms with Crippen molar-refractivity contribution in [1.29, 1.82) is 0 Å². The Labute approximate surface area is 75.9 Å². The minimum Gasteiger partial charge on any atom is -0.355 e. The summed E-state index contributed by atoms with van der Waals surface area (Å²) in [4.78, 5) is 11.0. The second-order valence-corrected chi connectivity index (χ2v) is 4.53. The van der Waals surface area contributed by atoms with Gasteiger partial charge in [0.1, 0.15) is 0 Å². The maximum atomic E-state index is 11.0. The molecule has 1 rings (SSSR count). The van der Waals surface area contributed by atoms with Crippen molar-refractivity contribution in [3.8, 4) is 0 Å². The minimum absolute atomic E-state index is 0.0532. The SMILES string of the molecule is CC(Br)C(=O)NCC1CCC1. The molecule has 0 saturated heterocycles. The summed E-state index contributed by atoms with van der Waals surface area (Å²) in [7, 11) is 0. The topological polar surface area (TPSA) is 29.1 Å². The molecule has 1 amide bonds. The lowest BCUT2D eigenvalue weighted by atomic mass is 9.85. The summed E-state index contributed by atoms with van der Waals surface area (Å²) in [6, 6.07) is 0. The van der Waals surface area contributed by atoms with Gasteiger partial charge in [0, 0.05) is 6.54 Å². The van der Waals surface area contributed by atoms with Crippen LogP contribution < -0.4 is 5.32 Å². The quantitative estimate of drug-likeness (QED) is 0.720. The molecule has 0 radical (unpaired) electrons. The molecule has 1 unspecified atom stereocenters. The van der Waals surface area contributed by atoms with Crippen LogP contribution in [0.15, 0.2) is 0 Å². The van der Waals surface area contributed by atoms with Gasteiger partial charge in [-0.3, -0.25) is 4.79 Å². The van der Waals surface area contributed by atoms with Gasteiger partial charge in [-0.05, 0) is 25.7 Å². The lowest BCUT2D eigenvalue weighted by Crippen LogP contribution is -2.35. The van der Waals surface area contributed by atoms with Gasteiger partial charge in [-0.15, -0.1) is 0 Å². The van der Waals surface area contributed by atoms with Crippen molar-refractivity contribution in [2.75, 3.05) is 6.54 Å². The van der Waals surface area contributed by atoms with Gasteiger partial charge in [0.15, 0.2) is 0 Å². The highest BCUT2D eigenvalue weighted by Gasteiger charge is 2.18. The number of nitrogens with one attached hydrogen (secondary N) is 1. The molecule has 2 nitrogen and oxygen atoms in total. The number of alkyl halides is 1. The van der Waals surface area contributed by atoms with Crippen LogP contribution in [-0.4, -0.2) is 17.3 Å². The van der Waals surface area contributed by atoms with E-state index in [1.807, 2.05) is 6.92 Å². The highest BCUT2D eigenvalue weighted by Crippen LogP contribution is 2.25. The molecule has 0 aromatic carbocycles. The van der Waals surface area contributed by atoms with Crippen molar-refractivity contribution in [3.05, 3.63) is 0 Å². The van der Waals surface area contributed by atoms with Gasteiger partial charge in [0.25, 0.3) is 0 Å². The van der Waals surface area contributed by atoms with E-state index in [0.717, 1.165) is 12.5 Å². The molecule has 3 heteroatoms. The first-order valence-electron chi connectivity index (χ1n) is 4.12. The van der Waals surface area contributed by atoms with Crippen molar-refractivity contribution < 1.29 is 4.79 Å². The number of hydrogen-bond acceptors (Lipinski definition) is 1. The second-order valence-electron chi connectivity index (χ2n) is 3.16. The van der Waals surface area contributed by atoms with E-state index in [4.69, 9.17) is 0 Å². The Morgan fingerprint density at radius 1 is 1.73 bits per heavy atom. The third-order valence-electron chi connectivity index (χ3n) is 2.15. The minimum atomic E-state index is -0.0532. The van der Waals surface area contributed by atoms with Gasteiger partial charge in [0.2, 0.25) is 5.91 Å². The van der Waals surface area contributed by atoms with Crippen LogP contribution in [0, 0.1) is 5.92 Å². The average molecular weight is 220 g/mol. The molecule has 0 aromatic rings. The maximum Gasteiger partial charge on any atom is 0.233 e. The molecule has 1 aliphatic rings. The molecule has 1 aliphatic carbocycles. The standard InChI is InChI=1S/C8H14BrNO/c1-6(9)8(11)10-5-7-3-2-4-7/h6-7H,2-5H2,1H3,(H,10,11). The van der Waals surface area contributed by atoms with Gasteiger partial charge in [-0.2, -0.15) is 0 Å². The lowest BCUT2D eigenvalue weighted by Gasteiger charge is -2.25. The largest absolute Gasteiger partial charge is 0.355 e. The van der Waals surface area contributed by atoms with Crippen LogP contribution in [0.1, 0.15) is 26.2 Å². The van der Waals surface area contributed by atoms with E-state index in [1.165, 1.54) is 19.3 Å².